The minimum absolute atomic E-state index is 0.0807. The number of hydrogen-bond acceptors (Lipinski definition) is 5. The highest BCUT2D eigenvalue weighted by Crippen LogP contribution is 2.33. The molecule has 0 aliphatic heterocycles. The third kappa shape index (κ3) is 5.70. The lowest BCUT2D eigenvalue weighted by Crippen LogP contribution is -2.29. The Morgan fingerprint density at radius 2 is 1.94 bits per heavy atom. The van der Waals surface area contributed by atoms with Crippen molar-refractivity contribution >= 4 is 23.2 Å². The highest BCUT2D eigenvalue weighted by atomic mass is 35.5. The summed E-state index contributed by atoms with van der Waals surface area (Å²) in [6, 6.07) is 14.0. The molecule has 0 aliphatic carbocycles. The summed E-state index contributed by atoms with van der Waals surface area (Å²) in [7, 11) is 3.16. The highest BCUT2D eigenvalue weighted by molar-refractivity contribution is 6.30. The van der Waals surface area contributed by atoms with Crippen molar-refractivity contribution in [2.75, 3.05) is 20.2 Å². The van der Waals surface area contributed by atoms with Crippen LogP contribution in [-0.4, -0.2) is 51.6 Å². The van der Waals surface area contributed by atoms with Gasteiger partial charge in [0, 0.05) is 61.4 Å². The van der Waals surface area contributed by atoms with Crippen LogP contribution >= 0.6 is 11.6 Å². The van der Waals surface area contributed by atoms with Gasteiger partial charge in [0.2, 0.25) is 5.56 Å². The molecule has 1 unspecified atom stereocenters. The van der Waals surface area contributed by atoms with E-state index in [2.05, 4.69) is 5.16 Å². The molecule has 0 saturated heterocycles. The summed E-state index contributed by atoms with van der Waals surface area (Å²) in [6.07, 6.45) is 1.62. The van der Waals surface area contributed by atoms with Crippen molar-refractivity contribution in [3.05, 3.63) is 104 Å². The number of halogens is 2. The van der Waals surface area contributed by atoms with Gasteiger partial charge in [0.05, 0.1) is 12.3 Å². The molecule has 178 valence electrons. The summed E-state index contributed by atoms with van der Waals surface area (Å²) >= 11 is 5.95. The molecule has 0 aliphatic rings. The monoisotopic (exact) mass is 485 g/mol. The van der Waals surface area contributed by atoms with Crippen LogP contribution in [0.2, 0.25) is 5.02 Å². The summed E-state index contributed by atoms with van der Waals surface area (Å²) in [4.78, 5) is 25.9. The van der Waals surface area contributed by atoms with Crippen LogP contribution in [0, 0.1) is 5.82 Å². The van der Waals surface area contributed by atoms with Gasteiger partial charge in [0.25, 0.3) is 5.91 Å². The van der Waals surface area contributed by atoms with Gasteiger partial charge in [-0.25, -0.2) is 4.39 Å². The molecule has 0 bridgehead atoms. The Hall–Kier alpha value is -3.49. The number of carbonyl (C=O) groups is 1. The molecular weight excluding hydrogens is 461 g/mol. The van der Waals surface area contributed by atoms with E-state index in [-0.39, 0.29) is 41.8 Å². The number of oxime groups is 1. The first-order chi connectivity index (χ1) is 16.2. The van der Waals surface area contributed by atoms with Gasteiger partial charge >= 0.3 is 0 Å². The maximum atomic E-state index is 15.0. The van der Waals surface area contributed by atoms with Gasteiger partial charge in [-0.15, -0.1) is 0 Å². The number of rotatable bonds is 8. The molecule has 1 amide bonds. The van der Waals surface area contributed by atoms with Crippen molar-refractivity contribution in [1.29, 1.82) is 0 Å². The molecule has 34 heavy (non-hydrogen) atoms. The smallest absolute Gasteiger partial charge is 0.253 e. The molecule has 0 saturated carbocycles. The Kier molecular flexibility index (Phi) is 8.20. The molecular formula is C25H25ClFN3O4. The van der Waals surface area contributed by atoms with Gasteiger partial charge in [-0.05, 0) is 41.5 Å². The van der Waals surface area contributed by atoms with E-state index in [1.165, 1.54) is 33.9 Å². The topological polar surface area (TPSA) is 95.1 Å². The Morgan fingerprint density at radius 3 is 2.59 bits per heavy atom. The number of benzene rings is 2. The first-order valence-corrected chi connectivity index (χ1v) is 10.9. The molecule has 1 atom stereocenters. The Bertz CT molecular complexity index is 1280. The Balaban J connectivity index is 2.08. The second-order valence-electron chi connectivity index (χ2n) is 7.91. The molecule has 7 nitrogen and oxygen atoms in total. The van der Waals surface area contributed by atoms with Crippen LogP contribution in [0.15, 0.2) is 70.7 Å². The van der Waals surface area contributed by atoms with Crippen LogP contribution in [0.25, 0.3) is 0 Å². The van der Waals surface area contributed by atoms with E-state index in [0.717, 1.165) is 0 Å². The molecule has 1 heterocycles. The molecule has 1 aromatic heterocycles. The van der Waals surface area contributed by atoms with Crippen LogP contribution < -0.4 is 5.56 Å². The first-order valence-electron chi connectivity index (χ1n) is 10.5. The van der Waals surface area contributed by atoms with E-state index in [1.807, 2.05) is 0 Å². The summed E-state index contributed by atoms with van der Waals surface area (Å²) < 4.78 is 16.4. The Morgan fingerprint density at radius 1 is 1.18 bits per heavy atom. The molecule has 9 heteroatoms. The van der Waals surface area contributed by atoms with E-state index in [1.54, 1.807) is 50.5 Å². The second-order valence-corrected chi connectivity index (χ2v) is 8.35. The van der Waals surface area contributed by atoms with Crippen LogP contribution in [-0.2, 0) is 7.05 Å². The lowest BCUT2D eigenvalue weighted by atomic mass is 9.84. The number of aliphatic hydroxyl groups excluding tert-OH is 1. The van der Waals surface area contributed by atoms with E-state index in [9.17, 15) is 14.8 Å². The van der Waals surface area contributed by atoms with Gasteiger partial charge in [-0.3, -0.25) is 9.59 Å². The number of aromatic nitrogens is 1. The van der Waals surface area contributed by atoms with E-state index < -0.39 is 11.7 Å². The van der Waals surface area contributed by atoms with Crippen molar-refractivity contribution in [2.45, 2.75) is 12.3 Å². The predicted molar refractivity (Wildman–Crippen MR) is 128 cm³/mol. The highest BCUT2D eigenvalue weighted by Gasteiger charge is 2.23. The zero-order valence-electron chi connectivity index (χ0n) is 18.8. The molecule has 0 radical (unpaired) electrons. The molecule has 2 aromatic carbocycles. The number of aryl methyl sites for hydroxylation is 1. The van der Waals surface area contributed by atoms with Gasteiger partial charge in [-0.2, -0.15) is 0 Å². The normalized spacial score (nSPS) is 12.4. The largest absolute Gasteiger partial charge is 0.411 e. The van der Waals surface area contributed by atoms with Gasteiger partial charge in [0.1, 0.15) is 5.82 Å². The number of aliphatic hydroxyl groups is 1. The number of carbonyl (C=O) groups excluding carboxylic acids is 1. The fourth-order valence-electron chi connectivity index (χ4n) is 3.73. The van der Waals surface area contributed by atoms with Crippen molar-refractivity contribution in [2.24, 2.45) is 12.2 Å². The fraction of sp³-hybridized carbons (Fsp3) is 0.240. The lowest BCUT2D eigenvalue weighted by Gasteiger charge is -2.21. The fourth-order valence-corrected chi connectivity index (χ4v) is 3.89. The SMILES string of the molecule is CN(CCO)C(=O)c1cccc(C(CC(=NO)c2ccc(=O)n(C)c2)c2ccc(Cl)cc2F)c1. The van der Waals surface area contributed by atoms with Crippen LogP contribution in [0.5, 0.6) is 0 Å². The molecule has 2 N–H and O–H groups in total. The number of amides is 1. The van der Waals surface area contributed by atoms with Crippen molar-refractivity contribution < 1.29 is 19.5 Å². The number of nitrogens with zero attached hydrogens (tertiary/aromatic N) is 3. The van der Waals surface area contributed by atoms with Crippen molar-refractivity contribution in [3.63, 3.8) is 0 Å². The van der Waals surface area contributed by atoms with E-state index in [4.69, 9.17) is 16.7 Å². The van der Waals surface area contributed by atoms with Crippen molar-refractivity contribution in [3.8, 4) is 0 Å². The molecule has 0 spiro atoms. The maximum absolute atomic E-state index is 15.0. The average molecular weight is 486 g/mol. The lowest BCUT2D eigenvalue weighted by molar-refractivity contribution is 0.0767. The summed E-state index contributed by atoms with van der Waals surface area (Å²) in [5, 5.41) is 22.6. The maximum Gasteiger partial charge on any atom is 0.253 e. The van der Waals surface area contributed by atoms with Crippen LogP contribution in [0.1, 0.15) is 39.4 Å². The van der Waals surface area contributed by atoms with Gasteiger partial charge in [0.15, 0.2) is 0 Å². The zero-order valence-corrected chi connectivity index (χ0v) is 19.5. The molecule has 0 fully saturated rings. The Labute approximate surface area is 201 Å². The third-order valence-corrected chi connectivity index (χ3v) is 5.83. The average Bonchev–Trinajstić information content (AvgIpc) is 2.82. The quantitative estimate of drug-likeness (QED) is 0.289. The standard InChI is InChI=1S/C25H25ClFN3O4/c1-29(10-11-31)25(33)17-5-3-4-16(12-17)21(20-8-7-19(26)13-22(20)27)14-23(28-34)18-6-9-24(32)30(2)15-18/h3-9,12-13,15,21,31,34H,10-11,14H2,1-2H3. The summed E-state index contributed by atoms with van der Waals surface area (Å²) in [5.41, 5.74) is 1.82. The number of pyridine rings is 1. The first kappa shape index (κ1) is 25.1. The second kappa shape index (κ2) is 11.1. The van der Waals surface area contributed by atoms with Crippen molar-refractivity contribution in [1.82, 2.24) is 9.47 Å². The van der Waals surface area contributed by atoms with Crippen LogP contribution in [0.3, 0.4) is 0 Å². The summed E-state index contributed by atoms with van der Waals surface area (Å²) in [6.45, 7) is 0.00277. The van der Waals surface area contributed by atoms with E-state index >= 15 is 4.39 Å². The predicted octanol–water partition coefficient (Wildman–Crippen LogP) is 3.64. The molecule has 3 rings (SSSR count). The summed E-state index contributed by atoms with van der Waals surface area (Å²) in [5.74, 6) is -1.46. The third-order valence-electron chi connectivity index (χ3n) is 5.59. The minimum atomic E-state index is -0.628. The minimum Gasteiger partial charge on any atom is -0.411 e. The van der Waals surface area contributed by atoms with Crippen LogP contribution in [0.4, 0.5) is 4.39 Å². The number of likely N-dealkylation sites (N-methyl/N-ethyl adjacent to an activating group) is 1. The zero-order chi connectivity index (χ0) is 24.8. The van der Waals surface area contributed by atoms with Gasteiger partial charge in [-0.1, -0.05) is 35.0 Å². The van der Waals surface area contributed by atoms with Gasteiger partial charge < -0.3 is 19.8 Å². The molecule has 3 aromatic rings. The number of hydrogen-bond donors (Lipinski definition) is 2. The van der Waals surface area contributed by atoms with E-state index in [0.29, 0.717) is 22.3 Å².